The zero-order valence-corrected chi connectivity index (χ0v) is 44.9. The molecule has 6 aliphatic rings. The van der Waals surface area contributed by atoms with Gasteiger partial charge in [-0.05, 0) is 159 Å². The lowest BCUT2D eigenvalue weighted by Gasteiger charge is -2.71. The van der Waals surface area contributed by atoms with Crippen LogP contribution in [0.1, 0.15) is 181 Å². The van der Waals surface area contributed by atoms with Crippen LogP contribution >= 0.6 is 0 Å². The maximum Gasteiger partial charge on any atom is 0.313 e. The summed E-state index contributed by atoms with van der Waals surface area (Å²) in [5.74, 6) is -0.662. The molecule has 9 atom stereocenters. The Hall–Kier alpha value is -4.99. The first-order chi connectivity index (χ1) is 34.9. The summed E-state index contributed by atoms with van der Waals surface area (Å²) >= 11 is 0. The Balaban J connectivity index is 0.959. The summed E-state index contributed by atoms with van der Waals surface area (Å²) < 4.78 is 30.0. The number of carbonyl (C=O) groups excluding carboxylic acids is 5. The molecule has 4 saturated carbocycles. The van der Waals surface area contributed by atoms with E-state index < -0.39 is 16.9 Å². The van der Waals surface area contributed by atoms with Crippen LogP contribution in [0.15, 0.2) is 96.1 Å². The Bertz CT molecular complexity index is 2380. The molecule has 396 valence electrons. The smallest absolute Gasteiger partial charge is 0.313 e. The van der Waals surface area contributed by atoms with E-state index in [1.54, 1.807) is 0 Å². The molecule has 10 heteroatoms. The Morgan fingerprint density at radius 2 is 1.16 bits per heavy atom. The average molecular weight is 1000 g/mol. The molecule has 0 aromatic heterocycles. The Morgan fingerprint density at radius 3 is 1.77 bits per heavy atom. The molecular formula is C63H84O10. The molecule has 0 spiro atoms. The van der Waals surface area contributed by atoms with Crippen molar-refractivity contribution in [1.29, 1.82) is 0 Å². The third kappa shape index (κ3) is 11.8. The SMILES string of the molecule is CC1(C)CC[C@]2(C(=O)OCC3=CCCC=C3)CC[C@]3(C)C(=CCC4[C@@]5(C)CC[C@H](OC(=O)CCCCC(=O)OCc6ccccc6)[C@@](C)(COC(=O)CCCCC(=O)OCc6ccccc6)C5CC[C@]43C)[C@@H]2C1. The van der Waals surface area contributed by atoms with Crippen LogP contribution in [0.25, 0.3) is 0 Å². The van der Waals surface area contributed by atoms with Gasteiger partial charge in [-0.15, -0.1) is 0 Å². The number of hydrogen-bond acceptors (Lipinski definition) is 10. The minimum absolute atomic E-state index is 0.0142. The van der Waals surface area contributed by atoms with Crippen LogP contribution in [0.3, 0.4) is 0 Å². The van der Waals surface area contributed by atoms with Gasteiger partial charge in [-0.1, -0.05) is 132 Å². The second kappa shape index (κ2) is 22.9. The van der Waals surface area contributed by atoms with E-state index >= 15 is 0 Å². The molecule has 10 nitrogen and oxygen atoms in total. The normalized spacial score (nSPS) is 31.9. The molecule has 0 amide bonds. The fourth-order valence-corrected chi connectivity index (χ4v) is 15.1. The molecule has 0 radical (unpaired) electrons. The third-order valence-corrected chi connectivity index (χ3v) is 19.6. The first-order valence-corrected chi connectivity index (χ1v) is 27.9. The number of allylic oxidation sites excluding steroid dienone is 4. The quantitative estimate of drug-likeness (QED) is 0.0547. The van der Waals surface area contributed by atoms with Crippen molar-refractivity contribution < 1.29 is 47.7 Å². The first kappa shape index (κ1) is 54.3. The topological polar surface area (TPSA) is 132 Å². The highest BCUT2D eigenvalue weighted by Crippen LogP contribution is 2.76. The number of esters is 5. The van der Waals surface area contributed by atoms with E-state index in [1.165, 1.54) is 5.57 Å². The van der Waals surface area contributed by atoms with Gasteiger partial charge >= 0.3 is 29.8 Å². The lowest BCUT2D eigenvalue weighted by molar-refractivity contribution is -0.227. The van der Waals surface area contributed by atoms with Gasteiger partial charge in [-0.3, -0.25) is 24.0 Å². The molecule has 2 aromatic carbocycles. The molecule has 73 heavy (non-hydrogen) atoms. The maximum absolute atomic E-state index is 14.6. The monoisotopic (exact) mass is 1000 g/mol. The summed E-state index contributed by atoms with van der Waals surface area (Å²) in [4.78, 5) is 67.1. The van der Waals surface area contributed by atoms with Crippen molar-refractivity contribution in [3.8, 4) is 0 Å². The van der Waals surface area contributed by atoms with Crippen LogP contribution in [0.4, 0.5) is 0 Å². The fourth-order valence-electron chi connectivity index (χ4n) is 15.1. The average Bonchev–Trinajstić information content (AvgIpc) is 3.38. The molecular weight excluding hydrogens is 917 g/mol. The highest BCUT2D eigenvalue weighted by atomic mass is 16.6. The van der Waals surface area contributed by atoms with Crippen molar-refractivity contribution in [2.75, 3.05) is 13.2 Å². The number of unbranched alkanes of at least 4 members (excludes halogenated alkanes) is 2. The van der Waals surface area contributed by atoms with E-state index in [-0.39, 0.29) is 109 Å². The third-order valence-electron chi connectivity index (χ3n) is 19.6. The van der Waals surface area contributed by atoms with Gasteiger partial charge in [0.2, 0.25) is 0 Å². The van der Waals surface area contributed by atoms with Crippen molar-refractivity contribution in [2.45, 2.75) is 189 Å². The predicted octanol–water partition coefficient (Wildman–Crippen LogP) is 13.7. The standard InChI is InChI=1S/C63H84O10/c1-58(2)36-38-63(57(68)71-43-47-24-14-9-15-25-47)39-37-61(5)48(49(63)40-58)30-31-51-59(3)34-33-52(73-56(67)29-19-18-27-54(65)70-42-46-22-12-8-13-23-46)60(4,50(59)32-35-62(51,61)6)44-72-55(66)28-17-16-26-53(64)69-41-45-20-10-7-11-21-45/h7-8,10-14,20-25,30,49-52H,9,15-19,26-29,31-44H2,1-6H3/t49-,50?,51?,52-,59-,60-,61+,62+,63-/m0/s1. The van der Waals surface area contributed by atoms with E-state index in [0.29, 0.717) is 44.6 Å². The van der Waals surface area contributed by atoms with Gasteiger partial charge in [0.15, 0.2) is 0 Å². The molecule has 2 unspecified atom stereocenters. The molecule has 0 N–H and O–H groups in total. The van der Waals surface area contributed by atoms with Crippen LogP contribution in [-0.2, 0) is 60.9 Å². The second-order valence-electron chi connectivity index (χ2n) is 24.6. The van der Waals surface area contributed by atoms with E-state index in [4.69, 9.17) is 23.7 Å². The van der Waals surface area contributed by atoms with Crippen molar-refractivity contribution >= 4 is 29.8 Å². The minimum Gasteiger partial charge on any atom is -0.465 e. The fraction of sp³-hybridized carbons (Fsp3) is 0.635. The summed E-state index contributed by atoms with van der Waals surface area (Å²) in [7, 11) is 0. The highest BCUT2D eigenvalue weighted by molar-refractivity contribution is 5.79. The van der Waals surface area contributed by atoms with Crippen LogP contribution in [0, 0.1) is 50.2 Å². The van der Waals surface area contributed by atoms with Gasteiger partial charge in [0, 0.05) is 31.1 Å². The van der Waals surface area contributed by atoms with Gasteiger partial charge in [-0.2, -0.15) is 0 Å². The molecule has 8 rings (SSSR count). The summed E-state index contributed by atoms with van der Waals surface area (Å²) in [5, 5.41) is 0. The number of fused-ring (bicyclic) bond motifs is 7. The Labute approximate surface area is 435 Å². The Morgan fingerprint density at radius 1 is 0.575 bits per heavy atom. The minimum atomic E-state index is -0.658. The molecule has 0 aliphatic heterocycles. The molecule has 2 aromatic rings. The van der Waals surface area contributed by atoms with Crippen LogP contribution in [0.2, 0.25) is 0 Å². The summed E-state index contributed by atoms with van der Waals surface area (Å²) in [6.45, 7) is 15.4. The molecule has 0 heterocycles. The van der Waals surface area contributed by atoms with Crippen LogP contribution in [-0.4, -0.2) is 49.2 Å². The number of ether oxygens (including phenoxy) is 5. The van der Waals surface area contributed by atoms with E-state index in [9.17, 15) is 24.0 Å². The molecule has 4 fully saturated rings. The lowest BCUT2D eigenvalue weighted by Crippen LogP contribution is -2.66. The van der Waals surface area contributed by atoms with Gasteiger partial charge < -0.3 is 23.7 Å². The van der Waals surface area contributed by atoms with Crippen molar-refractivity contribution in [3.63, 3.8) is 0 Å². The largest absolute Gasteiger partial charge is 0.465 e. The number of rotatable bonds is 20. The van der Waals surface area contributed by atoms with Crippen molar-refractivity contribution in [2.24, 2.45) is 50.2 Å². The zero-order chi connectivity index (χ0) is 51.9. The van der Waals surface area contributed by atoms with Gasteiger partial charge in [0.05, 0.1) is 5.41 Å². The summed E-state index contributed by atoms with van der Waals surface area (Å²) in [5.41, 5.74) is 3.05. The van der Waals surface area contributed by atoms with Crippen LogP contribution < -0.4 is 0 Å². The highest BCUT2D eigenvalue weighted by Gasteiger charge is 2.70. The van der Waals surface area contributed by atoms with E-state index in [1.807, 2.05) is 60.7 Å². The lowest BCUT2D eigenvalue weighted by atomic mass is 9.33. The van der Waals surface area contributed by atoms with E-state index in [2.05, 4.69) is 65.8 Å². The summed E-state index contributed by atoms with van der Waals surface area (Å²) in [6.07, 6.45) is 22.3. The zero-order valence-electron chi connectivity index (χ0n) is 44.9. The number of carbonyl (C=O) groups is 5. The predicted molar refractivity (Wildman–Crippen MR) is 281 cm³/mol. The second-order valence-corrected chi connectivity index (χ2v) is 24.6. The van der Waals surface area contributed by atoms with Gasteiger partial charge in [0.1, 0.15) is 32.5 Å². The molecule has 0 bridgehead atoms. The summed E-state index contributed by atoms with van der Waals surface area (Å²) in [6, 6.07) is 19.2. The van der Waals surface area contributed by atoms with E-state index in [0.717, 1.165) is 87.3 Å². The molecule has 0 saturated heterocycles. The maximum atomic E-state index is 14.6. The number of benzene rings is 2. The first-order valence-electron chi connectivity index (χ1n) is 27.9. The number of hydrogen-bond donors (Lipinski definition) is 0. The van der Waals surface area contributed by atoms with Crippen LogP contribution in [0.5, 0.6) is 0 Å². The van der Waals surface area contributed by atoms with Gasteiger partial charge in [0.25, 0.3) is 0 Å². The van der Waals surface area contributed by atoms with Gasteiger partial charge in [-0.25, -0.2) is 0 Å². The molecule has 6 aliphatic carbocycles. The Kier molecular flexibility index (Phi) is 17.0. The van der Waals surface area contributed by atoms with Crippen molar-refractivity contribution in [3.05, 3.63) is 107 Å². The van der Waals surface area contributed by atoms with Crippen molar-refractivity contribution in [1.82, 2.24) is 0 Å².